The molecule has 0 aliphatic rings. The molecule has 3 heteroatoms. The van der Waals surface area contributed by atoms with Crippen molar-refractivity contribution in [2.24, 2.45) is 0 Å². The molecule has 0 spiro atoms. The summed E-state index contributed by atoms with van der Waals surface area (Å²) in [6.07, 6.45) is 0.717. The van der Waals surface area contributed by atoms with Crippen LogP contribution < -0.4 is 0 Å². The molecule has 0 N–H and O–H groups in total. The molecule has 0 aliphatic heterocycles. The SMILES string of the molecule is C=C(C)C(=O)C(=O)OCCC. The third kappa shape index (κ3) is 3.55. The highest BCUT2D eigenvalue weighted by Crippen LogP contribution is 1.93. The van der Waals surface area contributed by atoms with Gasteiger partial charge in [-0.05, 0) is 18.9 Å². The molecule has 0 saturated carbocycles. The van der Waals surface area contributed by atoms with Crippen molar-refractivity contribution in [1.29, 1.82) is 0 Å². The highest BCUT2D eigenvalue weighted by Gasteiger charge is 2.14. The summed E-state index contributed by atoms with van der Waals surface area (Å²) in [6, 6.07) is 0. The lowest BCUT2D eigenvalue weighted by Crippen LogP contribution is -2.18. The van der Waals surface area contributed by atoms with Gasteiger partial charge in [-0.1, -0.05) is 13.5 Å². The van der Waals surface area contributed by atoms with E-state index in [9.17, 15) is 9.59 Å². The molecule has 0 aliphatic carbocycles. The second kappa shape index (κ2) is 4.66. The molecule has 0 atom stereocenters. The molecule has 0 rings (SSSR count). The fourth-order valence-corrected chi connectivity index (χ4v) is 0.435. The first-order chi connectivity index (χ1) is 5.09. The van der Waals surface area contributed by atoms with Gasteiger partial charge in [0.1, 0.15) is 0 Å². The summed E-state index contributed by atoms with van der Waals surface area (Å²) >= 11 is 0. The molecule has 0 heterocycles. The fraction of sp³-hybridized carbons (Fsp3) is 0.500. The van der Waals surface area contributed by atoms with Crippen molar-refractivity contribution in [1.82, 2.24) is 0 Å². The van der Waals surface area contributed by atoms with Crippen LogP contribution in [0.5, 0.6) is 0 Å². The molecule has 0 bridgehead atoms. The van der Waals surface area contributed by atoms with Gasteiger partial charge in [-0.3, -0.25) is 4.79 Å². The number of carbonyl (C=O) groups is 2. The van der Waals surface area contributed by atoms with E-state index in [1.807, 2.05) is 6.92 Å². The van der Waals surface area contributed by atoms with E-state index in [1.165, 1.54) is 6.92 Å². The van der Waals surface area contributed by atoms with Crippen LogP contribution >= 0.6 is 0 Å². The van der Waals surface area contributed by atoms with E-state index in [1.54, 1.807) is 0 Å². The van der Waals surface area contributed by atoms with Crippen LogP contribution in [0.3, 0.4) is 0 Å². The van der Waals surface area contributed by atoms with Gasteiger partial charge in [0.05, 0.1) is 6.61 Å². The highest BCUT2D eigenvalue weighted by molar-refractivity contribution is 6.40. The van der Waals surface area contributed by atoms with Gasteiger partial charge >= 0.3 is 5.97 Å². The zero-order chi connectivity index (χ0) is 8.85. The summed E-state index contributed by atoms with van der Waals surface area (Å²) in [7, 11) is 0. The number of carbonyl (C=O) groups excluding carboxylic acids is 2. The lowest BCUT2D eigenvalue weighted by atomic mass is 10.2. The lowest BCUT2D eigenvalue weighted by molar-refractivity contribution is -0.152. The average Bonchev–Trinajstić information content (AvgIpc) is 1.98. The van der Waals surface area contributed by atoms with Crippen molar-refractivity contribution in [2.75, 3.05) is 6.61 Å². The summed E-state index contributed by atoms with van der Waals surface area (Å²) in [5.41, 5.74) is 0.214. The zero-order valence-corrected chi connectivity index (χ0v) is 6.85. The quantitative estimate of drug-likeness (QED) is 0.347. The Morgan fingerprint density at radius 2 is 2.00 bits per heavy atom. The standard InChI is InChI=1S/C8H12O3/c1-4-5-11-8(10)7(9)6(2)3/h2,4-5H2,1,3H3. The minimum atomic E-state index is -0.806. The van der Waals surface area contributed by atoms with Crippen LogP contribution in [0, 0.1) is 0 Å². The Hall–Kier alpha value is -1.12. The Kier molecular flexibility index (Phi) is 4.18. The lowest BCUT2D eigenvalue weighted by Gasteiger charge is -1.99. The maximum absolute atomic E-state index is 10.8. The molecule has 62 valence electrons. The van der Waals surface area contributed by atoms with Gasteiger partial charge in [0.25, 0.3) is 5.78 Å². The van der Waals surface area contributed by atoms with E-state index < -0.39 is 11.8 Å². The monoisotopic (exact) mass is 156 g/mol. The van der Waals surface area contributed by atoms with Crippen LogP contribution in [-0.4, -0.2) is 18.4 Å². The van der Waals surface area contributed by atoms with E-state index >= 15 is 0 Å². The molecule has 3 nitrogen and oxygen atoms in total. The van der Waals surface area contributed by atoms with Crippen LogP contribution in [-0.2, 0) is 14.3 Å². The van der Waals surface area contributed by atoms with E-state index in [4.69, 9.17) is 0 Å². The van der Waals surface area contributed by atoms with Crippen LogP contribution in [0.15, 0.2) is 12.2 Å². The van der Waals surface area contributed by atoms with E-state index in [0.29, 0.717) is 0 Å². The van der Waals surface area contributed by atoms with Gasteiger partial charge in [-0.2, -0.15) is 0 Å². The minimum absolute atomic E-state index is 0.214. The van der Waals surface area contributed by atoms with Gasteiger partial charge in [0, 0.05) is 0 Å². The summed E-state index contributed by atoms with van der Waals surface area (Å²) < 4.78 is 4.56. The number of Topliss-reactive ketones (excluding diaryl/α,β-unsaturated/α-hetero) is 1. The van der Waals surface area contributed by atoms with Crippen molar-refractivity contribution in [3.63, 3.8) is 0 Å². The van der Waals surface area contributed by atoms with Crippen LogP contribution in [0.2, 0.25) is 0 Å². The van der Waals surface area contributed by atoms with Gasteiger partial charge in [-0.25, -0.2) is 4.79 Å². The molecular formula is C8H12O3. The van der Waals surface area contributed by atoms with Gasteiger partial charge in [0.15, 0.2) is 0 Å². The predicted molar refractivity (Wildman–Crippen MR) is 41.1 cm³/mol. The molecule has 0 radical (unpaired) electrons. The molecule has 0 unspecified atom stereocenters. The van der Waals surface area contributed by atoms with Gasteiger partial charge in [0.2, 0.25) is 0 Å². The normalized spacial score (nSPS) is 8.91. The Labute approximate surface area is 66.0 Å². The van der Waals surface area contributed by atoms with Crippen LogP contribution in [0.25, 0.3) is 0 Å². The number of rotatable bonds is 4. The largest absolute Gasteiger partial charge is 0.460 e. The molecule has 0 amide bonds. The highest BCUT2D eigenvalue weighted by atomic mass is 16.5. The van der Waals surface area contributed by atoms with Gasteiger partial charge in [-0.15, -0.1) is 0 Å². The van der Waals surface area contributed by atoms with Crippen molar-refractivity contribution < 1.29 is 14.3 Å². The minimum Gasteiger partial charge on any atom is -0.460 e. The topological polar surface area (TPSA) is 43.4 Å². The van der Waals surface area contributed by atoms with E-state index in [-0.39, 0.29) is 12.2 Å². The van der Waals surface area contributed by atoms with Crippen molar-refractivity contribution >= 4 is 11.8 Å². The maximum Gasteiger partial charge on any atom is 0.379 e. The third-order valence-electron chi connectivity index (χ3n) is 1.01. The molecule has 11 heavy (non-hydrogen) atoms. The average molecular weight is 156 g/mol. The molecule has 0 fully saturated rings. The number of hydrogen-bond acceptors (Lipinski definition) is 3. The van der Waals surface area contributed by atoms with Crippen molar-refractivity contribution in [3.8, 4) is 0 Å². The Bertz CT molecular complexity index is 182. The van der Waals surface area contributed by atoms with E-state index in [0.717, 1.165) is 6.42 Å². The number of ketones is 1. The molecular weight excluding hydrogens is 144 g/mol. The predicted octanol–water partition coefficient (Wildman–Crippen LogP) is 1.08. The number of hydrogen-bond donors (Lipinski definition) is 0. The Morgan fingerprint density at radius 1 is 1.45 bits per heavy atom. The second-order valence-electron chi connectivity index (χ2n) is 2.25. The summed E-state index contributed by atoms with van der Waals surface area (Å²) in [6.45, 7) is 6.96. The maximum atomic E-state index is 10.8. The molecule has 0 aromatic carbocycles. The summed E-state index contributed by atoms with van der Waals surface area (Å²) in [5, 5.41) is 0. The summed E-state index contributed by atoms with van der Waals surface area (Å²) in [4.78, 5) is 21.5. The molecule has 0 aromatic rings. The van der Waals surface area contributed by atoms with Crippen LogP contribution in [0.1, 0.15) is 20.3 Å². The first kappa shape index (κ1) is 9.88. The number of esters is 1. The zero-order valence-electron chi connectivity index (χ0n) is 6.85. The first-order valence-corrected chi connectivity index (χ1v) is 3.46. The van der Waals surface area contributed by atoms with Crippen LogP contribution in [0.4, 0.5) is 0 Å². The summed E-state index contributed by atoms with van der Waals surface area (Å²) in [5.74, 6) is -1.45. The Balaban J connectivity index is 3.84. The molecule has 0 saturated heterocycles. The third-order valence-corrected chi connectivity index (χ3v) is 1.01. The van der Waals surface area contributed by atoms with Crippen molar-refractivity contribution in [3.05, 3.63) is 12.2 Å². The van der Waals surface area contributed by atoms with Gasteiger partial charge < -0.3 is 4.74 Å². The first-order valence-electron chi connectivity index (χ1n) is 3.46. The fourth-order valence-electron chi connectivity index (χ4n) is 0.435. The number of ether oxygens (including phenoxy) is 1. The van der Waals surface area contributed by atoms with Crippen molar-refractivity contribution in [2.45, 2.75) is 20.3 Å². The Morgan fingerprint density at radius 3 is 2.36 bits per heavy atom. The smallest absolute Gasteiger partial charge is 0.379 e. The second-order valence-corrected chi connectivity index (χ2v) is 2.25. The van der Waals surface area contributed by atoms with E-state index in [2.05, 4.69) is 11.3 Å². The molecule has 0 aromatic heterocycles.